The van der Waals surface area contributed by atoms with Gasteiger partial charge in [0.05, 0.1) is 24.6 Å². The van der Waals surface area contributed by atoms with Gasteiger partial charge in [0.2, 0.25) is 0 Å². The number of nitrogens with zero attached hydrogens (tertiary/aromatic N) is 5. The zero-order valence-electron chi connectivity index (χ0n) is 15.6. The molecule has 4 heterocycles. The fraction of sp³-hybridized carbons (Fsp3) is 0.263. The monoisotopic (exact) mass is 364 g/mol. The third-order valence-electron chi connectivity index (χ3n) is 4.67. The lowest BCUT2D eigenvalue weighted by Gasteiger charge is -2.20. The van der Waals surface area contributed by atoms with Gasteiger partial charge in [0, 0.05) is 30.4 Å². The molecule has 0 aliphatic rings. The van der Waals surface area contributed by atoms with Crippen LogP contribution in [-0.4, -0.2) is 44.7 Å². The molecular formula is C19H20N6O2. The molecule has 0 fully saturated rings. The van der Waals surface area contributed by atoms with Gasteiger partial charge in [-0.1, -0.05) is 13.8 Å². The van der Waals surface area contributed by atoms with E-state index in [0.29, 0.717) is 11.4 Å². The van der Waals surface area contributed by atoms with E-state index in [9.17, 15) is 4.79 Å². The fourth-order valence-electron chi connectivity index (χ4n) is 3.36. The number of rotatable bonds is 4. The summed E-state index contributed by atoms with van der Waals surface area (Å²) in [7, 11) is 3.30. The predicted octanol–water partition coefficient (Wildman–Crippen LogP) is 3.28. The van der Waals surface area contributed by atoms with Gasteiger partial charge in [0.25, 0.3) is 0 Å². The molecular weight excluding hydrogens is 344 g/mol. The van der Waals surface area contributed by atoms with Gasteiger partial charge in [-0.05, 0) is 18.1 Å². The molecule has 8 heteroatoms. The van der Waals surface area contributed by atoms with Crippen LogP contribution in [0.5, 0.6) is 0 Å². The lowest BCUT2D eigenvalue weighted by Crippen LogP contribution is -2.14. The molecule has 0 spiro atoms. The van der Waals surface area contributed by atoms with Crippen LogP contribution in [0.15, 0.2) is 37.1 Å². The Morgan fingerprint density at radius 1 is 1.33 bits per heavy atom. The Morgan fingerprint density at radius 2 is 2.15 bits per heavy atom. The average molecular weight is 364 g/mol. The number of pyridine rings is 1. The van der Waals surface area contributed by atoms with Crippen LogP contribution in [0.4, 0.5) is 11.5 Å². The van der Waals surface area contributed by atoms with Crippen molar-refractivity contribution >= 4 is 34.0 Å². The summed E-state index contributed by atoms with van der Waals surface area (Å²) in [4.78, 5) is 26.3. The maximum absolute atomic E-state index is 12.3. The molecule has 27 heavy (non-hydrogen) atoms. The smallest absolute Gasteiger partial charge is 0.339 e. The number of H-pyrrole nitrogens is 1. The third kappa shape index (κ3) is 2.69. The number of nitrogens with one attached hydrogen (secondary N) is 1. The van der Waals surface area contributed by atoms with E-state index in [1.807, 2.05) is 44.1 Å². The summed E-state index contributed by atoms with van der Waals surface area (Å²) in [6.07, 6.45) is 6.82. The Morgan fingerprint density at radius 3 is 2.89 bits per heavy atom. The molecule has 138 valence electrons. The third-order valence-corrected chi connectivity index (χ3v) is 4.67. The van der Waals surface area contributed by atoms with Gasteiger partial charge in [-0.2, -0.15) is 5.10 Å². The number of esters is 1. The topological polar surface area (TPSA) is 88.4 Å². The van der Waals surface area contributed by atoms with Crippen LogP contribution in [0.3, 0.4) is 0 Å². The molecule has 0 saturated carbocycles. The van der Waals surface area contributed by atoms with Gasteiger partial charge >= 0.3 is 5.97 Å². The molecule has 4 aromatic rings. The highest BCUT2D eigenvalue weighted by Crippen LogP contribution is 2.34. The van der Waals surface area contributed by atoms with Gasteiger partial charge in [-0.15, -0.1) is 0 Å². The first-order valence-electron chi connectivity index (χ1n) is 8.62. The lowest BCUT2D eigenvalue weighted by molar-refractivity contribution is 0.0599. The Kier molecular flexibility index (Phi) is 4.02. The minimum atomic E-state index is -0.381. The van der Waals surface area contributed by atoms with Gasteiger partial charge in [0.15, 0.2) is 5.82 Å². The van der Waals surface area contributed by atoms with Crippen molar-refractivity contribution in [3.63, 3.8) is 0 Å². The van der Waals surface area contributed by atoms with Crippen molar-refractivity contribution in [1.82, 2.24) is 24.6 Å². The van der Waals surface area contributed by atoms with Crippen LogP contribution in [0, 0.1) is 0 Å². The second-order valence-electron chi connectivity index (χ2n) is 6.65. The van der Waals surface area contributed by atoms with Crippen molar-refractivity contribution in [1.29, 1.82) is 0 Å². The maximum Gasteiger partial charge on any atom is 0.339 e. The van der Waals surface area contributed by atoms with Crippen molar-refractivity contribution in [2.45, 2.75) is 19.8 Å². The van der Waals surface area contributed by atoms with E-state index >= 15 is 0 Å². The zero-order valence-corrected chi connectivity index (χ0v) is 15.6. The molecule has 1 N–H and O–H groups in total. The first kappa shape index (κ1) is 17.0. The van der Waals surface area contributed by atoms with E-state index in [-0.39, 0.29) is 11.9 Å². The first-order valence-corrected chi connectivity index (χ1v) is 8.62. The number of hydrogen-bond acceptors (Lipinski definition) is 6. The van der Waals surface area contributed by atoms with E-state index in [4.69, 9.17) is 4.74 Å². The molecule has 4 rings (SSSR count). The van der Waals surface area contributed by atoms with Crippen LogP contribution in [0.1, 0.15) is 35.7 Å². The maximum atomic E-state index is 12.3. The summed E-state index contributed by atoms with van der Waals surface area (Å²) in [6.45, 7) is 4.07. The lowest BCUT2D eigenvalue weighted by atomic mass is 10.00. The molecule has 0 aromatic carbocycles. The van der Waals surface area contributed by atoms with Crippen LogP contribution >= 0.6 is 0 Å². The zero-order chi connectivity index (χ0) is 19.1. The summed E-state index contributed by atoms with van der Waals surface area (Å²) in [5.41, 5.74) is 3.86. The number of carbonyl (C=O) groups is 1. The molecule has 8 nitrogen and oxygen atoms in total. The molecule has 0 aliphatic carbocycles. The highest BCUT2D eigenvalue weighted by Gasteiger charge is 2.25. The normalized spacial score (nSPS) is 11.4. The summed E-state index contributed by atoms with van der Waals surface area (Å²) in [6, 6.07) is 4.01. The number of carbonyl (C=O) groups excluding carboxylic acids is 1. The van der Waals surface area contributed by atoms with Gasteiger partial charge in [-0.25, -0.2) is 19.3 Å². The number of hydrogen-bond donors (Lipinski definition) is 1. The Bertz CT molecular complexity index is 1140. The summed E-state index contributed by atoms with van der Waals surface area (Å²) in [5, 5.41) is 5.30. The first-order chi connectivity index (χ1) is 13.0. The Hall–Kier alpha value is -3.42. The number of aromatic amines is 1. The van der Waals surface area contributed by atoms with Gasteiger partial charge in [0.1, 0.15) is 17.5 Å². The minimum Gasteiger partial charge on any atom is -0.465 e. The van der Waals surface area contributed by atoms with Crippen LogP contribution in [-0.2, 0) is 4.74 Å². The van der Waals surface area contributed by atoms with Crippen molar-refractivity contribution < 1.29 is 9.53 Å². The standard InChI is InChI=1S/C19H20N6O2/c1-11(2)15-14(19(26)27-4)9-25-16(15)18(22-10-23-25)24(3)13-7-12-5-6-20-17(12)21-8-13/h5-11H,1-4H3,(H,20,21). The van der Waals surface area contributed by atoms with Crippen molar-refractivity contribution in [2.75, 3.05) is 19.1 Å². The minimum absolute atomic E-state index is 0.0903. The summed E-state index contributed by atoms with van der Waals surface area (Å²) < 4.78 is 6.64. The molecule has 0 atom stereocenters. The highest BCUT2D eigenvalue weighted by atomic mass is 16.5. The van der Waals surface area contributed by atoms with E-state index in [1.165, 1.54) is 13.4 Å². The molecule has 4 aromatic heterocycles. The van der Waals surface area contributed by atoms with Crippen molar-refractivity contribution in [3.8, 4) is 0 Å². The predicted molar refractivity (Wildman–Crippen MR) is 103 cm³/mol. The second-order valence-corrected chi connectivity index (χ2v) is 6.65. The van der Waals surface area contributed by atoms with Gasteiger partial charge in [-0.3, -0.25) is 0 Å². The highest BCUT2D eigenvalue weighted by molar-refractivity contribution is 5.96. The van der Waals surface area contributed by atoms with E-state index in [2.05, 4.69) is 20.1 Å². The van der Waals surface area contributed by atoms with Crippen LogP contribution in [0.2, 0.25) is 0 Å². The summed E-state index contributed by atoms with van der Waals surface area (Å²) >= 11 is 0. The van der Waals surface area contributed by atoms with E-state index < -0.39 is 0 Å². The molecule has 0 saturated heterocycles. The van der Waals surface area contributed by atoms with Crippen molar-refractivity contribution in [2.24, 2.45) is 0 Å². The summed E-state index contributed by atoms with van der Waals surface area (Å²) in [5.74, 6) is 0.404. The number of aromatic nitrogens is 5. The number of ether oxygens (including phenoxy) is 1. The number of fused-ring (bicyclic) bond motifs is 2. The van der Waals surface area contributed by atoms with Crippen LogP contribution in [0.25, 0.3) is 16.6 Å². The van der Waals surface area contributed by atoms with Crippen molar-refractivity contribution in [3.05, 3.63) is 48.2 Å². The van der Waals surface area contributed by atoms with E-state index in [1.54, 1.807) is 16.9 Å². The van der Waals surface area contributed by atoms with Gasteiger partial charge < -0.3 is 14.6 Å². The second kappa shape index (κ2) is 6.39. The SMILES string of the molecule is COC(=O)c1cn2ncnc(N(C)c3cnc4[nH]ccc4c3)c2c1C(C)C. The molecule has 0 aliphatic heterocycles. The van der Waals surface area contributed by atoms with E-state index in [0.717, 1.165) is 27.8 Å². The Labute approximate surface area is 155 Å². The largest absolute Gasteiger partial charge is 0.465 e. The fourth-order valence-corrected chi connectivity index (χ4v) is 3.36. The molecule has 0 amide bonds. The average Bonchev–Trinajstić information content (AvgIpc) is 3.30. The molecule has 0 bridgehead atoms. The van der Waals surface area contributed by atoms with Crippen LogP contribution < -0.4 is 4.90 Å². The number of anilines is 2. The number of methoxy groups -OCH3 is 1. The Balaban J connectivity index is 1.92. The molecule has 0 radical (unpaired) electrons. The molecule has 0 unspecified atom stereocenters. The quantitative estimate of drug-likeness (QED) is 0.559.